The first-order valence-corrected chi connectivity index (χ1v) is 9.65. The second kappa shape index (κ2) is 10.0. The lowest BCUT2D eigenvalue weighted by molar-refractivity contribution is -0.112. The van der Waals surface area contributed by atoms with Crippen molar-refractivity contribution >= 4 is 29.0 Å². The van der Waals surface area contributed by atoms with Crippen LogP contribution in [0.5, 0.6) is 5.75 Å². The number of carbonyl (C=O) groups excluding carboxylic acids is 1. The van der Waals surface area contributed by atoms with Gasteiger partial charge in [-0.15, -0.1) is 0 Å². The van der Waals surface area contributed by atoms with Gasteiger partial charge in [0.15, 0.2) is 0 Å². The van der Waals surface area contributed by atoms with Crippen molar-refractivity contribution in [3.8, 4) is 11.8 Å². The zero-order valence-electron chi connectivity index (χ0n) is 15.8. The molecule has 0 heterocycles. The third kappa shape index (κ3) is 5.64. The Hall–Kier alpha value is -3.69. The average molecular weight is 401 g/mol. The summed E-state index contributed by atoms with van der Waals surface area (Å²) >= 11 is 1.60. The molecule has 144 valence electrons. The molecule has 3 aromatic rings. The number of nitrogens with zero attached hydrogens (tertiary/aromatic N) is 1. The van der Waals surface area contributed by atoms with Crippen LogP contribution in [0.3, 0.4) is 0 Å². The molecule has 2 N–H and O–H groups in total. The van der Waals surface area contributed by atoms with Gasteiger partial charge in [0, 0.05) is 21.7 Å². The summed E-state index contributed by atoms with van der Waals surface area (Å²) in [7, 11) is 1.57. The molecule has 0 saturated carbocycles. The van der Waals surface area contributed by atoms with Crippen LogP contribution in [0.25, 0.3) is 0 Å². The van der Waals surface area contributed by atoms with Crippen molar-refractivity contribution in [1.29, 1.82) is 5.26 Å². The number of hydrogen-bond donors (Lipinski definition) is 2. The highest BCUT2D eigenvalue weighted by molar-refractivity contribution is 7.99. The number of para-hydroxylation sites is 1. The number of nitrogens with one attached hydrogen (secondary N) is 2. The van der Waals surface area contributed by atoms with Crippen LogP contribution < -0.4 is 15.4 Å². The number of nitriles is 1. The molecule has 1 amide bonds. The summed E-state index contributed by atoms with van der Waals surface area (Å²) in [5.74, 6) is 0.201. The van der Waals surface area contributed by atoms with Gasteiger partial charge < -0.3 is 15.4 Å². The van der Waals surface area contributed by atoms with Crippen LogP contribution in [0.2, 0.25) is 0 Å². The number of carbonyl (C=O) groups is 1. The van der Waals surface area contributed by atoms with Gasteiger partial charge in [-0.05, 0) is 48.5 Å². The van der Waals surface area contributed by atoms with E-state index in [0.29, 0.717) is 11.4 Å². The number of hydrogen-bond acceptors (Lipinski definition) is 5. The molecule has 3 rings (SSSR count). The summed E-state index contributed by atoms with van der Waals surface area (Å²) in [5, 5.41) is 15.2. The van der Waals surface area contributed by atoms with Gasteiger partial charge in [-0.1, -0.05) is 42.1 Å². The van der Waals surface area contributed by atoms with E-state index in [4.69, 9.17) is 4.74 Å². The largest absolute Gasteiger partial charge is 0.497 e. The summed E-state index contributed by atoms with van der Waals surface area (Å²) in [4.78, 5) is 14.5. The van der Waals surface area contributed by atoms with E-state index in [1.54, 1.807) is 43.1 Å². The average Bonchev–Trinajstić information content (AvgIpc) is 2.76. The maximum atomic E-state index is 12.4. The monoisotopic (exact) mass is 401 g/mol. The quantitative estimate of drug-likeness (QED) is 0.415. The molecule has 5 nitrogen and oxygen atoms in total. The minimum atomic E-state index is -0.488. The summed E-state index contributed by atoms with van der Waals surface area (Å²) in [6.45, 7) is 0. The normalized spacial score (nSPS) is 10.7. The van der Waals surface area contributed by atoms with Gasteiger partial charge in [0.1, 0.15) is 17.4 Å². The molecule has 0 unspecified atom stereocenters. The molecule has 0 aromatic heterocycles. The minimum absolute atomic E-state index is 0.0275. The third-order valence-corrected chi connectivity index (χ3v) is 5.03. The Bertz CT molecular complexity index is 1040. The van der Waals surface area contributed by atoms with Gasteiger partial charge in [-0.2, -0.15) is 5.26 Å². The maximum Gasteiger partial charge on any atom is 0.267 e. The molecule has 0 saturated heterocycles. The molecular weight excluding hydrogens is 382 g/mol. The van der Waals surface area contributed by atoms with Gasteiger partial charge in [0.05, 0.1) is 12.8 Å². The number of ether oxygens (including phenoxy) is 1. The molecule has 6 heteroatoms. The van der Waals surface area contributed by atoms with Gasteiger partial charge >= 0.3 is 0 Å². The molecule has 0 aliphatic heterocycles. The van der Waals surface area contributed by atoms with Crippen LogP contribution in [0.15, 0.2) is 100 Å². The van der Waals surface area contributed by atoms with Crippen LogP contribution in [0.1, 0.15) is 0 Å². The summed E-state index contributed by atoms with van der Waals surface area (Å²) in [6.07, 6.45) is 1.42. The minimum Gasteiger partial charge on any atom is -0.497 e. The van der Waals surface area contributed by atoms with Crippen molar-refractivity contribution in [3.05, 3.63) is 90.6 Å². The highest BCUT2D eigenvalue weighted by Gasteiger charge is 2.10. The van der Waals surface area contributed by atoms with E-state index >= 15 is 0 Å². The van der Waals surface area contributed by atoms with Crippen LogP contribution in [-0.2, 0) is 4.79 Å². The van der Waals surface area contributed by atoms with Crippen molar-refractivity contribution in [2.75, 3.05) is 17.7 Å². The maximum absolute atomic E-state index is 12.4. The van der Waals surface area contributed by atoms with Gasteiger partial charge in [-0.25, -0.2) is 0 Å². The van der Waals surface area contributed by atoms with E-state index in [-0.39, 0.29) is 5.57 Å². The fraction of sp³-hybridized carbons (Fsp3) is 0.0435. The predicted molar refractivity (Wildman–Crippen MR) is 116 cm³/mol. The van der Waals surface area contributed by atoms with Crippen molar-refractivity contribution < 1.29 is 9.53 Å². The number of amides is 1. The van der Waals surface area contributed by atoms with E-state index in [1.807, 2.05) is 60.7 Å². The molecule has 0 radical (unpaired) electrons. The van der Waals surface area contributed by atoms with Crippen LogP contribution >= 0.6 is 11.8 Å². The van der Waals surface area contributed by atoms with E-state index in [2.05, 4.69) is 10.6 Å². The molecular formula is C23H19N3O2S. The van der Waals surface area contributed by atoms with Crippen LogP contribution in [-0.4, -0.2) is 13.0 Å². The molecule has 0 aliphatic rings. The lowest BCUT2D eigenvalue weighted by Crippen LogP contribution is -2.14. The highest BCUT2D eigenvalue weighted by Crippen LogP contribution is 2.33. The van der Waals surface area contributed by atoms with E-state index < -0.39 is 5.91 Å². The lowest BCUT2D eigenvalue weighted by Gasteiger charge is -2.10. The molecule has 0 aliphatic carbocycles. The van der Waals surface area contributed by atoms with Crippen molar-refractivity contribution in [1.82, 2.24) is 0 Å². The summed E-state index contributed by atoms with van der Waals surface area (Å²) < 4.78 is 5.10. The Balaban J connectivity index is 1.71. The zero-order valence-corrected chi connectivity index (χ0v) is 16.6. The summed E-state index contributed by atoms with van der Waals surface area (Å²) in [6, 6.07) is 26.6. The fourth-order valence-corrected chi connectivity index (χ4v) is 3.39. The van der Waals surface area contributed by atoms with Crippen LogP contribution in [0, 0.1) is 11.3 Å². The topological polar surface area (TPSA) is 74.1 Å². The SMILES string of the molecule is COc1ccc(NC(=O)/C(C#N)=C\Nc2ccccc2Sc2ccccc2)cc1. The first-order chi connectivity index (χ1) is 14.2. The number of rotatable bonds is 7. The molecule has 3 aromatic carbocycles. The smallest absolute Gasteiger partial charge is 0.267 e. The van der Waals surface area contributed by atoms with Crippen LogP contribution in [0.4, 0.5) is 11.4 Å². The Morgan fingerprint density at radius 1 is 1.00 bits per heavy atom. The van der Waals surface area contributed by atoms with Crippen molar-refractivity contribution in [2.45, 2.75) is 9.79 Å². The molecule has 0 atom stereocenters. The molecule has 29 heavy (non-hydrogen) atoms. The fourth-order valence-electron chi connectivity index (χ4n) is 2.46. The molecule has 0 fully saturated rings. The summed E-state index contributed by atoms with van der Waals surface area (Å²) in [5.41, 5.74) is 1.36. The Morgan fingerprint density at radius 3 is 2.38 bits per heavy atom. The van der Waals surface area contributed by atoms with E-state index in [1.165, 1.54) is 6.20 Å². The first kappa shape index (κ1) is 20.1. The zero-order chi connectivity index (χ0) is 20.5. The Labute approximate surface area is 174 Å². The highest BCUT2D eigenvalue weighted by atomic mass is 32.2. The third-order valence-electron chi connectivity index (χ3n) is 3.94. The molecule has 0 bridgehead atoms. The predicted octanol–water partition coefficient (Wildman–Crippen LogP) is 5.30. The first-order valence-electron chi connectivity index (χ1n) is 8.84. The number of anilines is 2. The standard InChI is InChI=1S/C23H19N3O2S/c1-28-19-13-11-18(12-14-19)26-23(27)17(15-24)16-25-21-9-5-6-10-22(21)29-20-7-3-2-4-8-20/h2-14,16,25H,1H3,(H,26,27)/b17-16-. The second-order valence-corrected chi connectivity index (χ2v) is 7.02. The number of methoxy groups -OCH3 is 1. The lowest BCUT2D eigenvalue weighted by atomic mass is 10.2. The van der Waals surface area contributed by atoms with Crippen molar-refractivity contribution in [2.24, 2.45) is 0 Å². The second-order valence-electron chi connectivity index (χ2n) is 5.91. The molecule has 0 spiro atoms. The van der Waals surface area contributed by atoms with Gasteiger partial charge in [-0.3, -0.25) is 4.79 Å². The Morgan fingerprint density at radius 2 is 1.69 bits per heavy atom. The van der Waals surface area contributed by atoms with E-state index in [0.717, 1.165) is 15.5 Å². The van der Waals surface area contributed by atoms with E-state index in [9.17, 15) is 10.1 Å². The van der Waals surface area contributed by atoms with Crippen molar-refractivity contribution in [3.63, 3.8) is 0 Å². The Kier molecular flexibility index (Phi) is 6.93. The van der Waals surface area contributed by atoms with Gasteiger partial charge in [0.2, 0.25) is 0 Å². The van der Waals surface area contributed by atoms with Gasteiger partial charge in [0.25, 0.3) is 5.91 Å². The number of benzene rings is 3.